The van der Waals surface area contributed by atoms with Gasteiger partial charge in [0.2, 0.25) is 0 Å². The zero-order valence-corrected chi connectivity index (χ0v) is 12.3. The Bertz CT molecular complexity index is 283. The van der Waals surface area contributed by atoms with E-state index in [0.29, 0.717) is 6.04 Å². The number of hydrogen-bond donors (Lipinski definition) is 1. The van der Waals surface area contributed by atoms with Crippen molar-refractivity contribution in [1.82, 2.24) is 15.1 Å². The molecule has 2 saturated heterocycles. The van der Waals surface area contributed by atoms with Crippen molar-refractivity contribution in [3.8, 4) is 0 Å². The monoisotopic (exact) mass is 267 g/mol. The highest BCUT2D eigenvalue weighted by Crippen LogP contribution is 2.23. The molecule has 2 unspecified atom stereocenters. The van der Waals surface area contributed by atoms with Crippen molar-refractivity contribution >= 4 is 0 Å². The van der Waals surface area contributed by atoms with Gasteiger partial charge in [-0.2, -0.15) is 0 Å². The fraction of sp³-hybridized carbons (Fsp3) is 1.00. The summed E-state index contributed by atoms with van der Waals surface area (Å²) < 4.78 is 5.47. The smallest absolute Gasteiger partial charge is 0.0630 e. The zero-order valence-electron chi connectivity index (χ0n) is 12.3. The van der Waals surface area contributed by atoms with Gasteiger partial charge in [-0.25, -0.2) is 0 Å². The summed E-state index contributed by atoms with van der Waals surface area (Å²) in [4.78, 5) is 5.40. The van der Waals surface area contributed by atoms with Crippen molar-refractivity contribution in [1.29, 1.82) is 0 Å². The lowest BCUT2D eigenvalue weighted by Crippen LogP contribution is -2.48. The Hall–Kier alpha value is -0.160. The lowest BCUT2D eigenvalue weighted by atomic mass is 10.1. The van der Waals surface area contributed by atoms with Crippen LogP contribution < -0.4 is 5.32 Å². The number of rotatable bonds is 6. The molecular formula is C15H29N3O. The van der Waals surface area contributed by atoms with E-state index in [4.69, 9.17) is 4.74 Å². The summed E-state index contributed by atoms with van der Waals surface area (Å²) in [5, 5.41) is 3.68. The van der Waals surface area contributed by atoms with E-state index in [1.54, 1.807) is 0 Å². The fourth-order valence-corrected chi connectivity index (χ4v) is 3.64. The number of methoxy groups -OCH3 is 1. The Morgan fingerprint density at radius 2 is 2.00 bits per heavy atom. The highest BCUT2D eigenvalue weighted by molar-refractivity contribution is 4.89. The zero-order chi connectivity index (χ0) is 13.1. The molecule has 2 aliphatic heterocycles. The minimum atomic E-state index is 0.561. The van der Waals surface area contributed by atoms with Gasteiger partial charge in [0.05, 0.1) is 6.61 Å². The Labute approximate surface area is 117 Å². The van der Waals surface area contributed by atoms with Crippen LogP contribution in [0.5, 0.6) is 0 Å². The highest BCUT2D eigenvalue weighted by Gasteiger charge is 2.32. The Kier molecular flexibility index (Phi) is 4.74. The summed E-state index contributed by atoms with van der Waals surface area (Å²) in [5.41, 5.74) is 0. The molecule has 0 aromatic heterocycles. The highest BCUT2D eigenvalue weighted by atomic mass is 16.5. The molecule has 0 aromatic rings. The fourth-order valence-electron chi connectivity index (χ4n) is 3.64. The van der Waals surface area contributed by atoms with Crippen LogP contribution in [0.4, 0.5) is 0 Å². The van der Waals surface area contributed by atoms with Crippen LogP contribution in [0.1, 0.15) is 32.1 Å². The number of fused-ring (bicyclic) bond motifs is 1. The van der Waals surface area contributed by atoms with Gasteiger partial charge in [-0.05, 0) is 51.7 Å². The first-order chi connectivity index (χ1) is 9.36. The largest absolute Gasteiger partial charge is 0.383 e. The number of nitrogens with zero attached hydrogens (tertiary/aromatic N) is 2. The van der Waals surface area contributed by atoms with Crippen molar-refractivity contribution in [2.24, 2.45) is 0 Å². The minimum Gasteiger partial charge on any atom is -0.383 e. The van der Waals surface area contributed by atoms with Crippen LogP contribution in [0.2, 0.25) is 0 Å². The van der Waals surface area contributed by atoms with Gasteiger partial charge in [0.1, 0.15) is 0 Å². The van der Waals surface area contributed by atoms with Crippen LogP contribution in [0.15, 0.2) is 0 Å². The molecule has 2 heterocycles. The van der Waals surface area contributed by atoms with Gasteiger partial charge in [-0.3, -0.25) is 9.80 Å². The lowest BCUT2D eigenvalue weighted by molar-refractivity contribution is 0.0836. The Balaban J connectivity index is 1.55. The van der Waals surface area contributed by atoms with Crippen LogP contribution >= 0.6 is 0 Å². The maximum Gasteiger partial charge on any atom is 0.0630 e. The third kappa shape index (κ3) is 3.69. The van der Waals surface area contributed by atoms with Gasteiger partial charge in [0.25, 0.3) is 0 Å². The average Bonchev–Trinajstić information content (AvgIpc) is 3.18. The van der Waals surface area contributed by atoms with Crippen molar-refractivity contribution in [3.63, 3.8) is 0 Å². The summed E-state index contributed by atoms with van der Waals surface area (Å²) in [7, 11) is 1.84. The summed E-state index contributed by atoms with van der Waals surface area (Å²) >= 11 is 0. The average molecular weight is 267 g/mol. The van der Waals surface area contributed by atoms with Gasteiger partial charge >= 0.3 is 0 Å². The first kappa shape index (κ1) is 13.8. The Morgan fingerprint density at radius 1 is 1.16 bits per heavy atom. The van der Waals surface area contributed by atoms with Crippen LogP contribution in [0.3, 0.4) is 0 Å². The topological polar surface area (TPSA) is 27.7 Å². The molecule has 3 rings (SSSR count). The molecule has 110 valence electrons. The predicted molar refractivity (Wildman–Crippen MR) is 77.5 cm³/mol. The van der Waals surface area contributed by atoms with Crippen molar-refractivity contribution < 1.29 is 4.74 Å². The summed E-state index contributed by atoms with van der Waals surface area (Å²) in [6.07, 6.45) is 6.85. The molecule has 2 atom stereocenters. The van der Waals surface area contributed by atoms with Crippen LogP contribution in [-0.2, 0) is 4.74 Å². The molecule has 1 saturated carbocycles. The third-order valence-corrected chi connectivity index (χ3v) is 4.93. The van der Waals surface area contributed by atoms with Gasteiger partial charge in [-0.1, -0.05) is 0 Å². The van der Waals surface area contributed by atoms with E-state index >= 15 is 0 Å². The molecule has 0 aromatic carbocycles. The summed E-state index contributed by atoms with van der Waals surface area (Å²) in [5.74, 6) is 0. The second-order valence-corrected chi connectivity index (χ2v) is 6.47. The first-order valence-electron chi connectivity index (χ1n) is 8.07. The number of hydrogen-bond acceptors (Lipinski definition) is 4. The maximum atomic E-state index is 5.47. The SMILES string of the molecule is COCC(CNC1CC1)N1CCCN2CCCC2C1. The standard InChI is InChI=1S/C15H29N3O/c1-19-12-15(10-16-13-5-6-13)18-9-3-8-17-7-2-4-14(17)11-18/h13-16H,2-12H2,1H3. The van der Waals surface area contributed by atoms with E-state index in [9.17, 15) is 0 Å². The molecule has 4 heteroatoms. The van der Waals surface area contributed by atoms with E-state index in [0.717, 1.165) is 25.2 Å². The van der Waals surface area contributed by atoms with E-state index < -0.39 is 0 Å². The molecule has 0 amide bonds. The molecule has 19 heavy (non-hydrogen) atoms. The molecule has 0 bridgehead atoms. The van der Waals surface area contributed by atoms with Crippen LogP contribution in [0, 0.1) is 0 Å². The van der Waals surface area contributed by atoms with Crippen molar-refractivity contribution in [2.75, 3.05) is 46.4 Å². The number of nitrogens with one attached hydrogen (secondary N) is 1. The van der Waals surface area contributed by atoms with E-state index in [1.165, 1.54) is 58.3 Å². The minimum absolute atomic E-state index is 0.561. The van der Waals surface area contributed by atoms with Crippen molar-refractivity contribution in [3.05, 3.63) is 0 Å². The third-order valence-electron chi connectivity index (χ3n) is 4.93. The summed E-state index contributed by atoms with van der Waals surface area (Å²) in [6.45, 7) is 7.09. The molecule has 0 spiro atoms. The molecular weight excluding hydrogens is 238 g/mol. The quantitative estimate of drug-likeness (QED) is 0.775. The number of ether oxygens (including phenoxy) is 1. The van der Waals surface area contributed by atoms with Gasteiger partial charge in [0.15, 0.2) is 0 Å². The molecule has 3 fully saturated rings. The van der Waals surface area contributed by atoms with Crippen LogP contribution in [-0.4, -0.2) is 74.4 Å². The van der Waals surface area contributed by atoms with E-state index in [-0.39, 0.29) is 0 Å². The molecule has 4 nitrogen and oxygen atoms in total. The summed E-state index contributed by atoms with van der Waals surface area (Å²) in [6, 6.07) is 2.17. The van der Waals surface area contributed by atoms with Gasteiger partial charge in [-0.15, -0.1) is 0 Å². The molecule has 1 aliphatic carbocycles. The second kappa shape index (κ2) is 6.53. The van der Waals surface area contributed by atoms with Gasteiger partial charge in [0, 0.05) is 38.3 Å². The molecule has 0 radical (unpaired) electrons. The van der Waals surface area contributed by atoms with E-state index in [1.807, 2.05) is 7.11 Å². The van der Waals surface area contributed by atoms with Gasteiger partial charge < -0.3 is 10.1 Å². The second-order valence-electron chi connectivity index (χ2n) is 6.47. The molecule has 3 aliphatic rings. The Morgan fingerprint density at radius 3 is 2.79 bits per heavy atom. The van der Waals surface area contributed by atoms with Crippen molar-refractivity contribution in [2.45, 2.75) is 50.2 Å². The van der Waals surface area contributed by atoms with E-state index in [2.05, 4.69) is 15.1 Å². The lowest BCUT2D eigenvalue weighted by Gasteiger charge is -2.32. The predicted octanol–water partition coefficient (Wildman–Crippen LogP) is 0.924. The van der Waals surface area contributed by atoms with Crippen LogP contribution in [0.25, 0.3) is 0 Å². The maximum absolute atomic E-state index is 5.47. The normalized spacial score (nSPS) is 31.1. The first-order valence-corrected chi connectivity index (χ1v) is 8.07. The molecule has 1 N–H and O–H groups in total.